The second kappa shape index (κ2) is 3.49. The molecule has 0 radical (unpaired) electrons. The molecule has 82 valence electrons. The van der Waals surface area contributed by atoms with E-state index < -0.39 is 0 Å². The molecule has 2 aliphatic rings. The molecule has 0 aromatic carbocycles. The summed E-state index contributed by atoms with van der Waals surface area (Å²) in [5.74, 6) is 0. The van der Waals surface area contributed by atoms with Crippen molar-refractivity contribution in [2.75, 3.05) is 26.2 Å². The van der Waals surface area contributed by atoms with Crippen LogP contribution in [0.25, 0.3) is 0 Å². The third-order valence-corrected chi connectivity index (χ3v) is 3.46. The van der Waals surface area contributed by atoms with Crippen LogP contribution in [0.2, 0.25) is 0 Å². The number of rotatable bonds is 1. The van der Waals surface area contributed by atoms with Crippen LogP contribution in [0.3, 0.4) is 0 Å². The van der Waals surface area contributed by atoms with Gasteiger partial charge in [-0.25, -0.2) is 0 Å². The molecular formula is C12H24N2. The van der Waals surface area contributed by atoms with Gasteiger partial charge in [0.15, 0.2) is 0 Å². The van der Waals surface area contributed by atoms with Crippen molar-refractivity contribution in [3.05, 3.63) is 0 Å². The van der Waals surface area contributed by atoms with Crippen molar-refractivity contribution in [3.8, 4) is 0 Å². The lowest BCUT2D eigenvalue weighted by Gasteiger charge is -2.28. The molecule has 0 bridgehead atoms. The highest BCUT2D eigenvalue weighted by atomic mass is 15.2. The molecule has 2 rings (SSSR count). The molecule has 0 aromatic heterocycles. The topological polar surface area (TPSA) is 15.3 Å². The fourth-order valence-electron chi connectivity index (χ4n) is 2.98. The van der Waals surface area contributed by atoms with E-state index in [2.05, 4.69) is 31.0 Å². The summed E-state index contributed by atoms with van der Waals surface area (Å²) in [5.41, 5.74) is 0.954. The van der Waals surface area contributed by atoms with Gasteiger partial charge in [0.05, 0.1) is 0 Å². The van der Waals surface area contributed by atoms with E-state index in [0.29, 0.717) is 11.0 Å². The van der Waals surface area contributed by atoms with Crippen molar-refractivity contribution in [2.45, 2.75) is 45.6 Å². The second-order valence-electron chi connectivity index (χ2n) is 6.33. The maximum atomic E-state index is 3.71. The molecule has 2 fully saturated rings. The van der Waals surface area contributed by atoms with Gasteiger partial charge in [0.25, 0.3) is 0 Å². The Morgan fingerprint density at radius 1 is 1.29 bits per heavy atom. The summed E-state index contributed by atoms with van der Waals surface area (Å²) in [6.07, 6.45) is 4.14. The molecule has 2 saturated heterocycles. The van der Waals surface area contributed by atoms with Crippen LogP contribution >= 0.6 is 0 Å². The first-order chi connectivity index (χ1) is 6.49. The summed E-state index contributed by atoms with van der Waals surface area (Å²) in [5, 5.41) is 3.71. The quantitative estimate of drug-likeness (QED) is 0.688. The summed E-state index contributed by atoms with van der Waals surface area (Å²) < 4.78 is 0. The Morgan fingerprint density at radius 3 is 2.64 bits per heavy atom. The SMILES string of the molecule is CC(C)(C)CN1CCC2(CCCN2)C1. The first-order valence-corrected chi connectivity index (χ1v) is 5.97. The van der Waals surface area contributed by atoms with Crippen LogP contribution in [0.1, 0.15) is 40.0 Å². The first kappa shape index (κ1) is 10.4. The van der Waals surface area contributed by atoms with Gasteiger partial charge in [0.1, 0.15) is 0 Å². The van der Waals surface area contributed by atoms with Crippen LogP contribution in [-0.4, -0.2) is 36.6 Å². The Kier molecular flexibility index (Phi) is 2.61. The largest absolute Gasteiger partial charge is 0.310 e. The first-order valence-electron chi connectivity index (χ1n) is 5.97. The van der Waals surface area contributed by atoms with Gasteiger partial charge in [-0.15, -0.1) is 0 Å². The van der Waals surface area contributed by atoms with E-state index in [1.807, 2.05) is 0 Å². The smallest absolute Gasteiger partial charge is 0.0321 e. The molecule has 0 amide bonds. The van der Waals surface area contributed by atoms with Crippen LogP contribution in [0.15, 0.2) is 0 Å². The maximum Gasteiger partial charge on any atom is 0.0321 e. The highest BCUT2D eigenvalue weighted by Crippen LogP contribution is 2.31. The highest BCUT2D eigenvalue weighted by molar-refractivity contribution is 5.00. The molecule has 2 nitrogen and oxygen atoms in total. The van der Waals surface area contributed by atoms with Gasteiger partial charge in [-0.1, -0.05) is 20.8 Å². The van der Waals surface area contributed by atoms with Gasteiger partial charge >= 0.3 is 0 Å². The van der Waals surface area contributed by atoms with Gasteiger partial charge in [0.2, 0.25) is 0 Å². The molecule has 1 spiro atoms. The molecule has 2 aliphatic heterocycles. The van der Waals surface area contributed by atoms with Gasteiger partial charge in [-0.05, 0) is 31.2 Å². The van der Waals surface area contributed by atoms with Crippen LogP contribution < -0.4 is 5.32 Å². The van der Waals surface area contributed by atoms with Gasteiger partial charge in [0, 0.05) is 25.2 Å². The minimum absolute atomic E-state index is 0.449. The molecule has 1 atom stereocenters. The Bertz CT molecular complexity index is 199. The van der Waals surface area contributed by atoms with E-state index in [1.54, 1.807) is 0 Å². The lowest BCUT2D eigenvalue weighted by atomic mass is 9.95. The molecular weight excluding hydrogens is 172 g/mol. The van der Waals surface area contributed by atoms with Crippen molar-refractivity contribution in [1.29, 1.82) is 0 Å². The lowest BCUT2D eigenvalue weighted by Crippen LogP contribution is -2.43. The van der Waals surface area contributed by atoms with Crippen LogP contribution in [0.4, 0.5) is 0 Å². The number of nitrogens with zero attached hydrogens (tertiary/aromatic N) is 1. The number of hydrogen-bond donors (Lipinski definition) is 1. The Labute approximate surface area is 88.1 Å². The third kappa shape index (κ3) is 2.29. The predicted octanol–water partition coefficient (Wildman–Crippen LogP) is 1.86. The Hall–Kier alpha value is -0.0800. The molecule has 0 saturated carbocycles. The second-order valence-corrected chi connectivity index (χ2v) is 6.33. The molecule has 0 aliphatic carbocycles. The zero-order valence-corrected chi connectivity index (χ0v) is 9.90. The average molecular weight is 196 g/mol. The summed E-state index contributed by atoms with van der Waals surface area (Å²) in [6.45, 7) is 12.1. The molecule has 14 heavy (non-hydrogen) atoms. The Balaban J connectivity index is 1.88. The van der Waals surface area contributed by atoms with Crippen molar-refractivity contribution in [3.63, 3.8) is 0 Å². The zero-order chi connectivity index (χ0) is 10.2. The van der Waals surface area contributed by atoms with Crippen LogP contribution in [-0.2, 0) is 0 Å². The van der Waals surface area contributed by atoms with E-state index in [0.717, 1.165) is 0 Å². The number of hydrogen-bond acceptors (Lipinski definition) is 2. The van der Waals surface area contributed by atoms with E-state index in [-0.39, 0.29) is 0 Å². The van der Waals surface area contributed by atoms with Crippen LogP contribution in [0, 0.1) is 5.41 Å². The summed E-state index contributed by atoms with van der Waals surface area (Å²) in [7, 11) is 0. The van der Waals surface area contributed by atoms with Crippen molar-refractivity contribution < 1.29 is 0 Å². The summed E-state index contributed by atoms with van der Waals surface area (Å²) >= 11 is 0. The van der Waals surface area contributed by atoms with E-state index in [4.69, 9.17) is 0 Å². The monoisotopic (exact) mass is 196 g/mol. The molecule has 0 aromatic rings. The standard InChI is InChI=1S/C12H24N2/c1-11(2,3)9-14-8-6-12(10-14)5-4-7-13-12/h13H,4-10H2,1-3H3. The van der Waals surface area contributed by atoms with E-state index >= 15 is 0 Å². The van der Waals surface area contributed by atoms with Gasteiger partial charge in [-0.2, -0.15) is 0 Å². The minimum atomic E-state index is 0.449. The van der Waals surface area contributed by atoms with Gasteiger partial charge < -0.3 is 10.2 Å². The molecule has 2 heteroatoms. The van der Waals surface area contributed by atoms with Crippen molar-refractivity contribution >= 4 is 0 Å². The molecule has 2 heterocycles. The fraction of sp³-hybridized carbons (Fsp3) is 1.00. The average Bonchev–Trinajstić information content (AvgIpc) is 2.60. The third-order valence-electron chi connectivity index (χ3n) is 3.46. The minimum Gasteiger partial charge on any atom is -0.310 e. The Morgan fingerprint density at radius 2 is 2.07 bits per heavy atom. The highest BCUT2D eigenvalue weighted by Gasteiger charge is 2.40. The van der Waals surface area contributed by atoms with Crippen molar-refractivity contribution in [2.24, 2.45) is 5.41 Å². The predicted molar refractivity (Wildman–Crippen MR) is 60.5 cm³/mol. The normalized spacial score (nSPS) is 34.5. The number of nitrogens with one attached hydrogen (secondary N) is 1. The van der Waals surface area contributed by atoms with Gasteiger partial charge in [-0.3, -0.25) is 0 Å². The maximum absolute atomic E-state index is 3.71. The molecule has 1 N–H and O–H groups in total. The fourth-order valence-corrected chi connectivity index (χ4v) is 2.98. The summed E-state index contributed by atoms with van der Waals surface area (Å²) in [4.78, 5) is 2.64. The van der Waals surface area contributed by atoms with Crippen LogP contribution in [0.5, 0.6) is 0 Å². The zero-order valence-electron chi connectivity index (χ0n) is 9.90. The lowest BCUT2D eigenvalue weighted by molar-refractivity contribution is 0.212. The molecule has 1 unspecified atom stereocenters. The van der Waals surface area contributed by atoms with E-state index in [9.17, 15) is 0 Å². The van der Waals surface area contributed by atoms with Crippen molar-refractivity contribution in [1.82, 2.24) is 10.2 Å². The summed E-state index contributed by atoms with van der Waals surface area (Å²) in [6, 6.07) is 0. The van der Waals surface area contributed by atoms with E-state index in [1.165, 1.54) is 45.4 Å². The number of likely N-dealkylation sites (tertiary alicyclic amines) is 1.